The highest BCUT2D eigenvalue weighted by atomic mass is 16.5. The predicted molar refractivity (Wildman–Crippen MR) is 114 cm³/mol. The van der Waals surface area contributed by atoms with Gasteiger partial charge in [-0.15, -0.1) is 0 Å². The number of anilines is 1. The first-order valence-electron chi connectivity index (χ1n) is 10.7. The van der Waals surface area contributed by atoms with E-state index in [2.05, 4.69) is 10.6 Å². The zero-order chi connectivity index (χ0) is 22.2. The number of amides is 3. The summed E-state index contributed by atoms with van der Waals surface area (Å²) in [6.07, 6.45) is 8.64. The summed E-state index contributed by atoms with van der Waals surface area (Å²) >= 11 is 0. The third kappa shape index (κ3) is 6.37. The number of nitrogens with one attached hydrogen (secondary N) is 2. The van der Waals surface area contributed by atoms with E-state index >= 15 is 0 Å². The van der Waals surface area contributed by atoms with E-state index in [4.69, 9.17) is 4.74 Å². The van der Waals surface area contributed by atoms with Gasteiger partial charge in [-0.05, 0) is 42.9 Å². The van der Waals surface area contributed by atoms with Crippen molar-refractivity contribution >= 4 is 23.6 Å². The van der Waals surface area contributed by atoms with Crippen molar-refractivity contribution in [3.8, 4) is 11.5 Å². The SMILES string of the molecule is O=C(C=CC1CCCCC1)NCCN(CCc1ccc(O)c2c1OCC(=O)N2)C(=O)O. The number of nitrogens with zero attached hydrogens (tertiary/aromatic N) is 1. The van der Waals surface area contributed by atoms with E-state index < -0.39 is 6.09 Å². The molecule has 1 aromatic rings. The smallest absolute Gasteiger partial charge is 0.407 e. The van der Waals surface area contributed by atoms with Gasteiger partial charge in [-0.2, -0.15) is 0 Å². The fraction of sp³-hybridized carbons (Fsp3) is 0.500. The molecule has 1 fully saturated rings. The summed E-state index contributed by atoms with van der Waals surface area (Å²) in [6, 6.07) is 3.08. The van der Waals surface area contributed by atoms with Crippen LogP contribution in [0.4, 0.5) is 10.5 Å². The first-order valence-corrected chi connectivity index (χ1v) is 10.7. The van der Waals surface area contributed by atoms with E-state index in [1.807, 2.05) is 6.08 Å². The highest BCUT2D eigenvalue weighted by Gasteiger charge is 2.23. The Morgan fingerprint density at radius 2 is 2.00 bits per heavy atom. The van der Waals surface area contributed by atoms with Crippen LogP contribution in [0.15, 0.2) is 24.3 Å². The molecule has 0 bridgehead atoms. The molecule has 3 amide bonds. The number of aromatic hydroxyl groups is 1. The lowest BCUT2D eigenvalue weighted by Crippen LogP contribution is -2.38. The number of benzene rings is 1. The average molecular weight is 431 g/mol. The first-order chi connectivity index (χ1) is 14.9. The molecule has 1 aromatic carbocycles. The average Bonchev–Trinajstić information content (AvgIpc) is 2.76. The number of hydrogen-bond donors (Lipinski definition) is 4. The molecule has 1 heterocycles. The minimum atomic E-state index is -1.09. The maximum absolute atomic E-state index is 12.0. The van der Waals surface area contributed by atoms with Gasteiger partial charge in [0, 0.05) is 19.6 Å². The van der Waals surface area contributed by atoms with Crippen LogP contribution >= 0.6 is 0 Å². The molecule has 31 heavy (non-hydrogen) atoms. The molecule has 168 valence electrons. The highest BCUT2D eigenvalue weighted by molar-refractivity contribution is 5.97. The van der Waals surface area contributed by atoms with Crippen molar-refractivity contribution in [3.05, 3.63) is 29.8 Å². The number of ether oxygens (including phenoxy) is 1. The van der Waals surface area contributed by atoms with Crippen LogP contribution in [-0.4, -0.2) is 59.3 Å². The summed E-state index contributed by atoms with van der Waals surface area (Å²) in [5, 5.41) is 24.7. The topological polar surface area (TPSA) is 128 Å². The van der Waals surface area contributed by atoms with Crippen molar-refractivity contribution in [1.82, 2.24) is 10.2 Å². The van der Waals surface area contributed by atoms with Crippen LogP contribution in [-0.2, 0) is 16.0 Å². The number of carboxylic acid groups (broad SMARTS) is 1. The van der Waals surface area contributed by atoms with E-state index in [1.165, 1.54) is 30.2 Å². The fourth-order valence-electron chi connectivity index (χ4n) is 3.89. The number of rotatable bonds is 8. The second-order valence-electron chi connectivity index (χ2n) is 7.85. The molecular weight excluding hydrogens is 402 g/mol. The largest absolute Gasteiger partial charge is 0.506 e. The second-order valence-corrected chi connectivity index (χ2v) is 7.85. The van der Waals surface area contributed by atoms with Crippen LogP contribution in [0.5, 0.6) is 11.5 Å². The van der Waals surface area contributed by atoms with Gasteiger partial charge >= 0.3 is 6.09 Å². The zero-order valence-corrected chi connectivity index (χ0v) is 17.4. The maximum atomic E-state index is 12.0. The Morgan fingerprint density at radius 3 is 2.74 bits per heavy atom. The molecular formula is C22H29N3O6. The third-order valence-corrected chi connectivity index (χ3v) is 5.60. The van der Waals surface area contributed by atoms with Crippen molar-refractivity contribution in [2.75, 3.05) is 31.6 Å². The Kier molecular flexibility index (Phi) is 7.75. The van der Waals surface area contributed by atoms with Crippen LogP contribution in [0.25, 0.3) is 0 Å². The van der Waals surface area contributed by atoms with Gasteiger partial charge in [0.1, 0.15) is 11.4 Å². The van der Waals surface area contributed by atoms with Crippen molar-refractivity contribution in [2.45, 2.75) is 38.5 Å². The number of hydrogen-bond acceptors (Lipinski definition) is 5. The van der Waals surface area contributed by atoms with E-state index in [-0.39, 0.29) is 49.5 Å². The second kappa shape index (κ2) is 10.7. The van der Waals surface area contributed by atoms with Crippen LogP contribution in [0.3, 0.4) is 0 Å². The summed E-state index contributed by atoms with van der Waals surface area (Å²) in [7, 11) is 0. The molecule has 1 saturated carbocycles. The lowest BCUT2D eigenvalue weighted by Gasteiger charge is -2.23. The Hall–Kier alpha value is -3.23. The molecule has 9 heteroatoms. The molecule has 0 spiro atoms. The van der Waals surface area contributed by atoms with Crippen LogP contribution in [0.2, 0.25) is 0 Å². The van der Waals surface area contributed by atoms with Gasteiger partial charge in [-0.1, -0.05) is 31.4 Å². The Morgan fingerprint density at radius 1 is 1.23 bits per heavy atom. The quantitative estimate of drug-likeness (QED) is 0.370. The lowest BCUT2D eigenvalue weighted by molar-refractivity contribution is -0.118. The number of fused-ring (bicyclic) bond motifs is 1. The normalized spacial score (nSPS) is 16.3. The minimum Gasteiger partial charge on any atom is -0.506 e. The lowest BCUT2D eigenvalue weighted by atomic mass is 9.89. The van der Waals surface area contributed by atoms with Crippen LogP contribution < -0.4 is 15.4 Å². The summed E-state index contributed by atoms with van der Waals surface area (Å²) in [4.78, 5) is 36.3. The van der Waals surface area contributed by atoms with Crippen molar-refractivity contribution in [3.63, 3.8) is 0 Å². The number of phenols is 1. The summed E-state index contributed by atoms with van der Waals surface area (Å²) in [5.41, 5.74) is 0.881. The molecule has 4 N–H and O–H groups in total. The van der Waals surface area contributed by atoms with Crippen LogP contribution in [0.1, 0.15) is 37.7 Å². The number of carbonyl (C=O) groups excluding carboxylic acids is 2. The van der Waals surface area contributed by atoms with Gasteiger partial charge < -0.3 is 30.5 Å². The van der Waals surface area contributed by atoms with Gasteiger partial charge in [0.25, 0.3) is 5.91 Å². The zero-order valence-electron chi connectivity index (χ0n) is 17.4. The van der Waals surface area contributed by atoms with Crippen molar-refractivity contribution in [2.24, 2.45) is 5.92 Å². The Bertz CT molecular complexity index is 848. The third-order valence-electron chi connectivity index (χ3n) is 5.60. The van der Waals surface area contributed by atoms with Gasteiger partial charge in [0.15, 0.2) is 12.4 Å². The predicted octanol–water partition coefficient (Wildman–Crippen LogP) is 2.50. The minimum absolute atomic E-state index is 0.106. The van der Waals surface area contributed by atoms with Crippen molar-refractivity contribution in [1.29, 1.82) is 0 Å². The molecule has 3 rings (SSSR count). The van der Waals surface area contributed by atoms with E-state index in [0.29, 0.717) is 23.7 Å². The van der Waals surface area contributed by atoms with Gasteiger partial charge in [-0.25, -0.2) is 4.79 Å². The highest BCUT2D eigenvalue weighted by Crippen LogP contribution is 2.39. The summed E-state index contributed by atoms with van der Waals surface area (Å²) < 4.78 is 5.43. The first kappa shape index (κ1) is 22.5. The summed E-state index contributed by atoms with van der Waals surface area (Å²) in [6.45, 7) is 0.376. The molecule has 0 radical (unpaired) electrons. The molecule has 9 nitrogen and oxygen atoms in total. The molecule has 0 atom stereocenters. The van der Waals surface area contributed by atoms with Gasteiger partial charge in [-0.3, -0.25) is 9.59 Å². The molecule has 2 aliphatic rings. The van der Waals surface area contributed by atoms with E-state index in [9.17, 15) is 24.6 Å². The monoisotopic (exact) mass is 431 g/mol. The standard InChI is InChI=1S/C22H29N3O6/c26-17-8-7-16(21-20(17)24-19(28)14-31-21)10-12-25(22(29)30)13-11-23-18(27)9-6-15-4-2-1-3-5-15/h6-9,15,26H,1-5,10-14H2,(H,23,27)(H,24,28)(H,29,30). The number of allylic oxidation sites excluding steroid dienone is 1. The van der Waals surface area contributed by atoms with Gasteiger partial charge in [0.05, 0.1) is 0 Å². The Labute approximate surface area is 181 Å². The molecule has 0 aromatic heterocycles. The van der Waals surface area contributed by atoms with Crippen molar-refractivity contribution < 1.29 is 29.3 Å². The molecule has 1 aliphatic heterocycles. The molecule has 0 unspecified atom stereocenters. The number of phenolic OH excluding ortho intramolecular Hbond substituents is 1. The van der Waals surface area contributed by atoms with E-state index in [0.717, 1.165) is 12.8 Å². The molecule has 0 saturated heterocycles. The van der Waals surface area contributed by atoms with E-state index in [1.54, 1.807) is 12.1 Å². The fourth-order valence-corrected chi connectivity index (χ4v) is 3.89. The summed E-state index contributed by atoms with van der Waals surface area (Å²) in [5.74, 6) is 0.128. The van der Waals surface area contributed by atoms with Crippen LogP contribution in [0, 0.1) is 5.92 Å². The number of carbonyl (C=O) groups is 3. The maximum Gasteiger partial charge on any atom is 0.407 e. The Balaban J connectivity index is 1.49. The van der Waals surface area contributed by atoms with Gasteiger partial charge in [0.2, 0.25) is 5.91 Å². The molecule has 1 aliphatic carbocycles.